The van der Waals surface area contributed by atoms with Crippen molar-refractivity contribution in [2.45, 2.75) is 19.8 Å². The monoisotopic (exact) mass is 232 g/mol. The molecule has 0 fully saturated rings. The molecular weight excluding hydrogens is 216 g/mol. The Morgan fingerprint density at radius 1 is 1.12 bits per heavy atom. The van der Waals surface area contributed by atoms with Gasteiger partial charge in [-0.15, -0.1) is 11.3 Å². The van der Waals surface area contributed by atoms with Gasteiger partial charge in [0.2, 0.25) is 0 Å². The summed E-state index contributed by atoms with van der Waals surface area (Å²) in [5.41, 5.74) is 1.31. The highest BCUT2D eigenvalue weighted by Gasteiger charge is 2.01. The SMILES string of the molecule is CCc1ccc(Cc2cccc(OC)c2)s1. The van der Waals surface area contributed by atoms with Gasteiger partial charge < -0.3 is 4.74 Å². The van der Waals surface area contributed by atoms with Crippen LogP contribution in [0.25, 0.3) is 0 Å². The van der Waals surface area contributed by atoms with Crippen LogP contribution in [-0.4, -0.2) is 7.11 Å². The van der Waals surface area contributed by atoms with Gasteiger partial charge in [0.25, 0.3) is 0 Å². The van der Waals surface area contributed by atoms with Crippen molar-refractivity contribution in [2.24, 2.45) is 0 Å². The van der Waals surface area contributed by atoms with Crippen molar-refractivity contribution in [2.75, 3.05) is 7.11 Å². The van der Waals surface area contributed by atoms with Crippen LogP contribution >= 0.6 is 11.3 Å². The van der Waals surface area contributed by atoms with E-state index in [1.54, 1.807) is 7.11 Å². The number of hydrogen-bond acceptors (Lipinski definition) is 2. The van der Waals surface area contributed by atoms with Crippen molar-refractivity contribution in [3.63, 3.8) is 0 Å². The Bertz CT molecular complexity index is 459. The van der Waals surface area contributed by atoms with E-state index in [0.29, 0.717) is 0 Å². The van der Waals surface area contributed by atoms with Crippen LogP contribution in [0, 0.1) is 0 Å². The first-order chi connectivity index (χ1) is 7.81. The summed E-state index contributed by atoms with van der Waals surface area (Å²) in [6.07, 6.45) is 2.13. The molecule has 2 heteroatoms. The normalized spacial score (nSPS) is 10.4. The van der Waals surface area contributed by atoms with Crippen LogP contribution in [0.1, 0.15) is 22.2 Å². The smallest absolute Gasteiger partial charge is 0.119 e. The predicted octanol–water partition coefficient (Wildman–Crippen LogP) is 3.91. The third-order valence-corrected chi connectivity index (χ3v) is 3.81. The third kappa shape index (κ3) is 2.64. The Morgan fingerprint density at radius 2 is 1.94 bits per heavy atom. The lowest BCUT2D eigenvalue weighted by Crippen LogP contribution is -1.87. The number of methoxy groups -OCH3 is 1. The van der Waals surface area contributed by atoms with Crippen LogP contribution in [0.2, 0.25) is 0 Å². The highest BCUT2D eigenvalue weighted by molar-refractivity contribution is 7.12. The molecule has 2 rings (SSSR count). The van der Waals surface area contributed by atoms with E-state index in [9.17, 15) is 0 Å². The number of hydrogen-bond donors (Lipinski definition) is 0. The second-order valence-corrected chi connectivity index (χ2v) is 5.00. The fourth-order valence-electron chi connectivity index (χ4n) is 1.69. The lowest BCUT2D eigenvalue weighted by atomic mass is 10.1. The van der Waals surface area contributed by atoms with E-state index in [0.717, 1.165) is 18.6 Å². The first kappa shape index (κ1) is 11.2. The molecule has 1 nitrogen and oxygen atoms in total. The Morgan fingerprint density at radius 3 is 2.62 bits per heavy atom. The zero-order valence-electron chi connectivity index (χ0n) is 9.69. The van der Waals surface area contributed by atoms with Crippen molar-refractivity contribution < 1.29 is 4.74 Å². The molecule has 0 saturated carbocycles. The van der Waals surface area contributed by atoms with Crippen molar-refractivity contribution in [3.8, 4) is 5.75 Å². The molecule has 0 bridgehead atoms. The quantitative estimate of drug-likeness (QED) is 0.776. The van der Waals surface area contributed by atoms with E-state index in [-0.39, 0.29) is 0 Å². The maximum absolute atomic E-state index is 5.22. The standard InChI is InChI=1S/C14H16OS/c1-3-13-7-8-14(16-13)10-11-5-4-6-12(9-11)15-2/h4-9H,3,10H2,1-2H3. The molecule has 0 radical (unpaired) electrons. The minimum absolute atomic E-state index is 0.935. The molecule has 16 heavy (non-hydrogen) atoms. The van der Waals surface area contributed by atoms with Crippen LogP contribution in [-0.2, 0) is 12.8 Å². The van der Waals surface area contributed by atoms with Crippen molar-refractivity contribution >= 4 is 11.3 Å². The minimum Gasteiger partial charge on any atom is -0.497 e. The summed E-state index contributed by atoms with van der Waals surface area (Å²) >= 11 is 1.90. The fourth-order valence-corrected chi connectivity index (χ4v) is 2.68. The Hall–Kier alpha value is -1.28. The molecule has 0 N–H and O–H groups in total. The van der Waals surface area contributed by atoms with E-state index < -0.39 is 0 Å². The molecule has 0 unspecified atom stereocenters. The molecule has 0 spiro atoms. The van der Waals surface area contributed by atoms with E-state index in [1.165, 1.54) is 15.3 Å². The lowest BCUT2D eigenvalue weighted by Gasteiger charge is -2.02. The highest BCUT2D eigenvalue weighted by Crippen LogP contribution is 2.22. The van der Waals surface area contributed by atoms with E-state index in [4.69, 9.17) is 4.74 Å². The van der Waals surface area contributed by atoms with Gasteiger partial charge in [0, 0.05) is 16.2 Å². The van der Waals surface area contributed by atoms with Crippen LogP contribution in [0.4, 0.5) is 0 Å². The molecule has 0 aliphatic carbocycles. The van der Waals surface area contributed by atoms with Gasteiger partial charge in [-0.3, -0.25) is 0 Å². The minimum atomic E-state index is 0.935. The van der Waals surface area contributed by atoms with Crippen LogP contribution < -0.4 is 4.74 Å². The van der Waals surface area contributed by atoms with E-state index in [1.807, 2.05) is 23.5 Å². The van der Waals surface area contributed by atoms with E-state index in [2.05, 4.69) is 31.2 Å². The number of rotatable bonds is 4. The first-order valence-electron chi connectivity index (χ1n) is 5.52. The Kier molecular flexibility index (Phi) is 3.62. The lowest BCUT2D eigenvalue weighted by molar-refractivity contribution is 0.414. The molecule has 1 heterocycles. The third-order valence-electron chi connectivity index (χ3n) is 2.58. The topological polar surface area (TPSA) is 9.23 Å². The summed E-state index contributed by atoms with van der Waals surface area (Å²) in [5.74, 6) is 0.935. The summed E-state index contributed by atoms with van der Waals surface area (Å²) in [4.78, 5) is 2.88. The molecule has 0 aliphatic heterocycles. The van der Waals surface area contributed by atoms with Crippen molar-refractivity contribution in [1.82, 2.24) is 0 Å². The van der Waals surface area contributed by atoms with Crippen LogP contribution in [0.5, 0.6) is 5.75 Å². The van der Waals surface area contributed by atoms with Gasteiger partial charge in [-0.1, -0.05) is 19.1 Å². The van der Waals surface area contributed by atoms with Crippen LogP contribution in [0.15, 0.2) is 36.4 Å². The molecule has 0 amide bonds. The summed E-state index contributed by atoms with van der Waals surface area (Å²) < 4.78 is 5.22. The molecule has 1 aromatic carbocycles. The highest BCUT2D eigenvalue weighted by atomic mass is 32.1. The predicted molar refractivity (Wildman–Crippen MR) is 69.5 cm³/mol. The van der Waals surface area contributed by atoms with Crippen LogP contribution in [0.3, 0.4) is 0 Å². The first-order valence-corrected chi connectivity index (χ1v) is 6.34. The fraction of sp³-hybridized carbons (Fsp3) is 0.286. The zero-order chi connectivity index (χ0) is 11.4. The molecule has 2 aromatic rings. The maximum Gasteiger partial charge on any atom is 0.119 e. The number of ether oxygens (including phenoxy) is 1. The Balaban J connectivity index is 2.13. The van der Waals surface area contributed by atoms with Gasteiger partial charge >= 0.3 is 0 Å². The van der Waals surface area contributed by atoms with Gasteiger partial charge in [0.15, 0.2) is 0 Å². The Labute approximate surface area is 101 Å². The van der Waals surface area contributed by atoms with Gasteiger partial charge in [0.1, 0.15) is 5.75 Å². The summed E-state index contributed by atoms with van der Waals surface area (Å²) in [6, 6.07) is 12.7. The molecule has 1 aromatic heterocycles. The van der Waals surface area contributed by atoms with E-state index >= 15 is 0 Å². The molecule has 0 atom stereocenters. The summed E-state index contributed by atoms with van der Waals surface area (Å²) in [5, 5.41) is 0. The largest absolute Gasteiger partial charge is 0.497 e. The maximum atomic E-state index is 5.22. The molecule has 0 aliphatic rings. The van der Waals surface area contributed by atoms with Crippen molar-refractivity contribution in [1.29, 1.82) is 0 Å². The number of thiophene rings is 1. The average Bonchev–Trinajstić information content (AvgIpc) is 2.77. The molecule has 0 saturated heterocycles. The number of aryl methyl sites for hydroxylation is 1. The summed E-state index contributed by atoms with van der Waals surface area (Å²) in [7, 11) is 1.71. The second-order valence-electron chi connectivity index (χ2n) is 3.75. The van der Waals surface area contributed by atoms with Gasteiger partial charge in [-0.05, 0) is 36.2 Å². The summed E-state index contributed by atoms with van der Waals surface area (Å²) in [6.45, 7) is 2.20. The van der Waals surface area contributed by atoms with Gasteiger partial charge in [-0.25, -0.2) is 0 Å². The number of benzene rings is 1. The average molecular weight is 232 g/mol. The van der Waals surface area contributed by atoms with Gasteiger partial charge in [0.05, 0.1) is 7.11 Å². The second kappa shape index (κ2) is 5.17. The van der Waals surface area contributed by atoms with Crippen molar-refractivity contribution in [3.05, 3.63) is 51.7 Å². The zero-order valence-corrected chi connectivity index (χ0v) is 10.5. The van der Waals surface area contributed by atoms with Gasteiger partial charge in [-0.2, -0.15) is 0 Å². The molecule has 84 valence electrons. The molecular formula is C14H16OS.